The lowest BCUT2D eigenvalue weighted by Crippen LogP contribution is -1.93. The molecule has 9 rings (SSSR count). The van der Waals surface area contributed by atoms with Gasteiger partial charge in [0, 0.05) is 10.1 Å². The highest BCUT2D eigenvalue weighted by Gasteiger charge is 2.19. The summed E-state index contributed by atoms with van der Waals surface area (Å²) in [6.45, 7) is 0. The summed E-state index contributed by atoms with van der Waals surface area (Å²) in [5.74, 6) is -0.00324. The van der Waals surface area contributed by atoms with Crippen LogP contribution in [0.2, 0.25) is 0 Å². The zero-order valence-corrected chi connectivity index (χ0v) is 25.7. The molecule has 0 unspecified atom stereocenters. The molecule has 47 heavy (non-hydrogen) atoms. The quantitative estimate of drug-likeness (QED) is 0.186. The standard InChI is InChI=1S/C42H22N4S/c43-23-37-42-41(46-39(24-44)45-37)40-35(21-29(22-38(40)47-42)25-9-2-1-3-10-25)28-12-8-11-26(19-28)27-17-18-34-32-15-5-4-13-30(32)31-14-6-7-16-33(31)36(34)20-27/h1-22H. The van der Waals surface area contributed by atoms with Gasteiger partial charge in [-0.05, 0) is 90.0 Å². The zero-order valence-electron chi connectivity index (χ0n) is 24.9. The van der Waals surface area contributed by atoms with Gasteiger partial charge in [0.2, 0.25) is 5.82 Å². The molecule has 0 aliphatic carbocycles. The molecular formula is C42H22N4S. The highest BCUT2D eigenvalue weighted by Crippen LogP contribution is 2.44. The molecule has 4 nitrogen and oxygen atoms in total. The Hall–Kier alpha value is -6.40. The fourth-order valence-corrected chi connectivity index (χ4v) is 8.02. The molecule has 0 radical (unpaired) electrons. The molecule has 0 aliphatic heterocycles. The molecule has 0 saturated carbocycles. The van der Waals surface area contributed by atoms with E-state index in [-0.39, 0.29) is 11.5 Å². The average molecular weight is 615 g/mol. The molecule has 2 aromatic heterocycles. The topological polar surface area (TPSA) is 73.4 Å². The van der Waals surface area contributed by atoms with Crippen LogP contribution in [0.4, 0.5) is 0 Å². The number of nitriles is 2. The van der Waals surface area contributed by atoms with Crippen LogP contribution in [0.1, 0.15) is 11.5 Å². The van der Waals surface area contributed by atoms with Gasteiger partial charge in [-0.25, -0.2) is 9.97 Å². The van der Waals surface area contributed by atoms with Crippen LogP contribution in [0.5, 0.6) is 0 Å². The largest absolute Gasteiger partial charge is 0.234 e. The van der Waals surface area contributed by atoms with Gasteiger partial charge < -0.3 is 0 Å². The Kier molecular flexibility index (Phi) is 6.08. The van der Waals surface area contributed by atoms with Crippen LogP contribution in [-0.2, 0) is 0 Å². The molecule has 0 amide bonds. The van der Waals surface area contributed by atoms with Gasteiger partial charge in [0.25, 0.3) is 0 Å². The van der Waals surface area contributed by atoms with Crippen molar-refractivity contribution in [2.24, 2.45) is 0 Å². The Bertz CT molecular complexity index is 2780. The highest BCUT2D eigenvalue weighted by molar-refractivity contribution is 7.26. The normalized spacial score (nSPS) is 11.4. The number of thiophene rings is 1. The second kappa shape index (κ2) is 10.6. The lowest BCUT2D eigenvalue weighted by molar-refractivity contribution is 1.14. The van der Waals surface area contributed by atoms with Gasteiger partial charge in [0.15, 0.2) is 5.69 Å². The van der Waals surface area contributed by atoms with Gasteiger partial charge in [-0.15, -0.1) is 11.3 Å². The van der Waals surface area contributed by atoms with E-state index in [0.29, 0.717) is 10.2 Å². The van der Waals surface area contributed by atoms with Crippen LogP contribution in [0.15, 0.2) is 133 Å². The Morgan fingerprint density at radius 2 is 1.09 bits per heavy atom. The fourth-order valence-electron chi connectivity index (χ4n) is 6.87. The summed E-state index contributed by atoms with van der Waals surface area (Å²) in [6.07, 6.45) is 0. The van der Waals surface area contributed by atoms with Gasteiger partial charge in [0.05, 0.1) is 10.2 Å². The number of hydrogen-bond donors (Lipinski definition) is 0. The molecule has 0 N–H and O–H groups in total. The first kappa shape index (κ1) is 27.0. The number of nitrogens with zero attached hydrogens (tertiary/aromatic N) is 4. The van der Waals surface area contributed by atoms with E-state index in [1.807, 2.05) is 24.3 Å². The van der Waals surface area contributed by atoms with Gasteiger partial charge >= 0.3 is 0 Å². The third-order valence-electron chi connectivity index (χ3n) is 8.98. The summed E-state index contributed by atoms with van der Waals surface area (Å²) in [6, 6.07) is 51.5. The maximum absolute atomic E-state index is 9.92. The molecule has 5 heteroatoms. The van der Waals surface area contributed by atoms with Crippen LogP contribution in [-0.4, -0.2) is 9.97 Å². The van der Waals surface area contributed by atoms with Gasteiger partial charge in [-0.3, -0.25) is 0 Å². The third kappa shape index (κ3) is 4.26. The molecule has 0 aliphatic rings. The minimum atomic E-state index is -0.00324. The van der Waals surface area contributed by atoms with Crippen molar-refractivity contribution in [1.29, 1.82) is 10.5 Å². The predicted octanol–water partition coefficient (Wildman–Crippen LogP) is 11.0. The van der Waals surface area contributed by atoms with E-state index in [2.05, 4.69) is 131 Å². The van der Waals surface area contributed by atoms with Crippen molar-refractivity contribution in [2.45, 2.75) is 0 Å². The number of aromatic nitrogens is 2. The minimum Gasteiger partial charge on any atom is -0.217 e. The Balaban J connectivity index is 1.30. The first-order chi connectivity index (χ1) is 23.2. The summed E-state index contributed by atoms with van der Waals surface area (Å²) in [7, 11) is 0. The number of benzene rings is 7. The summed E-state index contributed by atoms with van der Waals surface area (Å²) >= 11 is 1.50. The maximum atomic E-state index is 9.92. The van der Waals surface area contributed by atoms with Gasteiger partial charge in [-0.1, -0.05) is 109 Å². The molecule has 0 saturated heterocycles. The van der Waals surface area contributed by atoms with Crippen LogP contribution in [0.3, 0.4) is 0 Å². The minimum absolute atomic E-state index is 0.00324. The van der Waals surface area contributed by atoms with Crippen LogP contribution < -0.4 is 0 Å². The number of fused-ring (bicyclic) bond motifs is 9. The Labute approximate surface area is 274 Å². The van der Waals surface area contributed by atoms with Crippen LogP contribution >= 0.6 is 11.3 Å². The Morgan fingerprint density at radius 1 is 0.468 bits per heavy atom. The third-order valence-corrected chi connectivity index (χ3v) is 10.1. The van der Waals surface area contributed by atoms with E-state index in [9.17, 15) is 10.5 Å². The van der Waals surface area contributed by atoms with Crippen molar-refractivity contribution in [3.63, 3.8) is 0 Å². The fraction of sp³-hybridized carbons (Fsp3) is 0. The van der Waals surface area contributed by atoms with E-state index >= 15 is 0 Å². The zero-order chi connectivity index (χ0) is 31.5. The Morgan fingerprint density at radius 3 is 1.79 bits per heavy atom. The molecule has 216 valence electrons. The van der Waals surface area contributed by atoms with Crippen molar-refractivity contribution >= 4 is 64.0 Å². The van der Waals surface area contributed by atoms with Gasteiger partial charge in [-0.2, -0.15) is 10.5 Å². The highest BCUT2D eigenvalue weighted by atomic mass is 32.1. The van der Waals surface area contributed by atoms with E-state index in [4.69, 9.17) is 0 Å². The van der Waals surface area contributed by atoms with Crippen molar-refractivity contribution < 1.29 is 0 Å². The summed E-state index contributed by atoms with van der Waals surface area (Å²) in [5, 5.41) is 28.0. The van der Waals surface area contributed by atoms with Crippen molar-refractivity contribution in [3.8, 4) is 45.5 Å². The monoisotopic (exact) mass is 614 g/mol. The predicted molar refractivity (Wildman–Crippen MR) is 193 cm³/mol. The van der Waals surface area contributed by atoms with E-state index in [0.717, 1.165) is 43.5 Å². The molecular weight excluding hydrogens is 593 g/mol. The van der Waals surface area contributed by atoms with Crippen molar-refractivity contribution in [1.82, 2.24) is 9.97 Å². The molecule has 0 bridgehead atoms. The molecule has 9 aromatic rings. The van der Waals surface area contributed by atoms with E-state index in [1.54, 1.807) is 0 Å². The second-order valence-electron chi connectivity index (χ2n) is 11.6. The lowest BCUT2D eigenvalue weighted by Gasteiger charge is -2.13. The average Bonchev–Trinajstić information content (AvgIpc) is 3.53. The summed E-state index contributed by atoms with van der Waals surface area (Å²) < 4.78 is 1.68. The van der Waals surface area contributed by atoms with E-state index in [1.165, 1.54) is 43.7 Å². The maximum Gasteiger partial charge on any atom is 0.234 e. The molecule has 0 atom stereocenters. The lowest BCUT2D eigenvalue weighted by atomic mass is 9.90. The van der Waals surface area contributed by atoms with Gasteiger partial charge in [0.1, 0.15) is 12.1 Å². The van der Waals surface area contributed by atoms with E-state index < -0.39 is 0 Å². The van der Waals surface area contributed by atoms with Crippen LogP contribution in [0.25, 0.3) is 86.0 Å². The number of hydrogen-bond acceptors (Lipinski definition) is 5. The summed E-state index contributed by atoms with van der Waals surface area (Å²) in [4.78, 5) is 8.85. The molecule has 0 fully saturated rings. The first-order valence-corrected chi connectivity index (χ1v) is 16.1. The van der Waals surface area contributed by atoms with Crippen molar-refractivity contribution in [3.05, 3.63) is 145 Å². The smallest absolute Gasteiger partial charge is 0.217 e. The molecule has 7 aromatic carbocycles. The summed E-state index contributed by atoms with van der Waals surface area (Å²) in [5.41, 5.74) is 7.29. The van der Waals surface area contributed by atoms with Crippen LogP contribution in [0, 0.1) is 22.7 Å². The molecule has 0 spiro atoms. The molecule has 2 heterocycles. The van der Waals surface area contributed by atoms with Crippen molar-refractivity contribution in [2.75, 3.05) is 0 Å². The number of rotatable bonds is 3. The second-order valence-corrected chi connectivity index (χ2v) is 12.6. The first-order valence-electron chi connectivity index (χ1n) is 15.3. The SMILES string of the molecule is N#Cc1nc(C#N)c2sc3cc(-c4ccccc4)cc(-c4cccc(-c5ccc6c7ccccc7c7ccccc7c6c5)c4)c3c2n1.